The molecule has 2 aromatic heterocycles. The molecule has 0 bridgehead atoms. The molecule has 0 aliphatic rings. The van der Waals surface area contributed by atoms with Crippen molar-refractivity contribution in [3.05, 3.63) is 72.1 Å². The standard InChI is InChI=1S/C21H20FN5O2/c1-13(21-25-20(26-29-21)15-8-10-16(28-3)11-9-15)24-18-12-23-27(14(18)2)19-7-5-4-6-17(19)22/h4-13,24H,1-3H3. The predicted molar refractivity (Wildman–Crippen MR) is 107 cm³/mol. The first-order chi connectivity index (χ1) is 14.1. The fourth-order valence-corrected chi connectivity index (χ4v) is 2.98. The Morgan fingerprint density at radius 3 is 2.62 bits per heavy atom. The van der Waals surface area contributed by atoms with Gasteiger partial charge < -0.3 is 14.6 Å². The second-order valence-corrected chi connectivity index (χ2v) is 6.56. The average molecular weight is 393 g/mol. The highest BCUT2D eigenvalue weighted by atomic mass is 19.1. The van der Waals surface area contributed by atoms with Crippen molar-refractivity contribution < 1.29 is 13.7 Å². The van der Waals surface area contributed by atoms with E-state index in [2.05, 4.69) is 20.6 Å². The van der Waals surface area contributed by atoms with Crippen molar-refractivity contribution in [3.8, 4) is 22.8 Å². The number of aromatic nitrogens is 4. The molecule has 0 saturated carbocycles. The van der Waals surface area contributed by atoms with E-state index in [4.69, 9.17) is 9.26 Å². The molecule has 8 heteroatoms. The summed E-state index contributed by atoms with van der Waals surface area (Å²) in [7, 11) is 1.62. The fraction of sp³-hybridized carbons (Fsp3) is 0.190. The second-order valence-electron chi connectivity index (χ2n) is 6.56. The summed E-state index contributed by atoms with van der Waals surface area (Å²) in [6.07, 6.45) is 1.65. The third kappa shape index (κ3) is 3.69. The number of anilines is 1. The Balaban J connectivity index is 1.52. The summed E-state index contributed by atoms with van der Waals surface area (Å²) in [5.74, 6) is 1.36. The molecule has 4 rings (SSSR count). The van der Waals surface area contributed by atoms with Gasteiger partial charge in [-0.1, -0.05) is 17.3 Å². The zero-order valence-corrected chi connectivity index (χ0v) is 16.3. The van der Waals surface area contributed by atoms with Crippen LogP contribution in [0.1, 0.15) is 24.6 Å². The van der Waals surface area contributed by atoms with Gasteiger partial charge in [0.25, 0.3) is 0 Å². The molecule has 2 aromatic carbocycles. The molecule has 148 valence electrons. The Hall–Kier alpha value is -3.68. The lowest BCUT2D eigenvalue weighted by Crippen LogP contribution is -2.08. The first-order valence-corrected chi connectivity index (χ1v) is 9.11. The fourth-order valence-electron chi connectivity index (χ4n) is 2.98. The molecule has 0 amide bonds. The second kappa shape index (κ2) is 7.75. The minimum absolute atomic E-state index is 0.258. The van der Waals surface area contributed by atoms with Crippen LogP contribution in [0.2, 0.25) is 0 Å². The lowest BCUT2D eigenvalue weighted by molar-refractivity contribution is 0.368. The van der Waals surface area contributed by atoms with Crippen molar-refractivity contribution in [1.82, 2.24) is 19.9 Å². The molecule has 0 spiro atoms. The Morgan fingerprint density at radius 1 is 1.14 bits per heavy atom. The van der Waals surface area contributed by atoms with Crippen LogP contribution < -0.4 is 10.1 Å². The number of benzene rings is 2. The van der Waals surface area contributed by atoms with Gasteiger partial charge in [-0.05, 0) is 50.2 Å². The largest absolute Gasteiger partial charge is 0.497 e. The summed E-state index contributed by atoms with van der Waals surface area (Å²) in [6.45, 7) is 3.77. The van der Waals surface area contributed by atoms with Crippen molar-refractivity contribution in [1.29, 1.82) is 0 Å². The number of methoxy groups -OCH3 is 1. The van der Waals surface area contributed by atoms with Gasteiger partial charge in [0, 0.05) is 5.56 Å². The quantitative estimate of drug-likeness (QED) is 0.518. The van der Waals surface area contributed by atoms with Gasteiger partial charge in [-0.15, -0.1) is 0 Å². The van der Waals surface area contributed by atoms with Crippen LogP contribution in [0.15, 0.2) is 59.3 Å². The molecule has 4 aromatic rings. The van der Waals surface area contributed by atoms with Gasteiger partial charge in [0.2, 0.25) is 11.7 Å². The summed E-state index contributed by atoms with van der Waals surface area (Å²) >= 11 is 0. The molecule has 1 atom stereocenters. The highest BCUT2D eigenvalue weighted by Gasteiger charge is 2.18. The van der Waals surface area contributed by atoms with Crippen LogP contribution in [0.3, 0.4) is 0 Å². The van der Waals surface area contributed by atoms with Crippen molar-refractivity contribution in [2.24, 2.45) is 0 Å². The van der Waals surface area contributed by atoms with E-state index in [1.54, 1.807) is 36.2 Å². The van der Waals surface area contributed by atoms with Crippen LogP contribution in [0.5, 0.6) is 5.75 Å². The van der Waals surface area contributed by atoms with E-state index in [0.29, 0.717) is 17.4 Å². The molecule has 0 aliphatic carbocycles. The number of hydrogen-bond acceptors (Lipinski definition) is 6. The van der Waals surface area contributed by atoms with Gasteiger partial charge in [0.15, 0.2) is 0 Å². The molecular formula is C21H20FN5O2. The normalized spacial score (nSPS) is 12.0. The van der Waals surface area contributed by atoms with Crippen molar-refractivity contribution in [2.45, 2.75) is 19.9 Å². The number of ether oxygens (including phenoxy) is 1. The molecule has 0 saturated heterocycles. The maximum atomic E-state index is 14.1. The topological polar surface area (TPSA) is 78.0 Å². The molecule has 29 heavy (non-hydrogen) atoms. The van der Waals surface area contributed by atoms with Gasteiger partial charge in [-0.2, -0.15) is 10.1 Å². The molecule has 7 nitrogen and oxygen atoms in total. The molecule has 0 radical (unpaired) electrons. The summed E-state index contributed by atoms with van der Waals surface area (Å²) < 4.78 is 26.2. The third-order valence-electron chi connectivity index (χ3n) is 4.62. The lowest BCUT2D eigenvalue weighted by atomic mass is 10.2. The maximum absolute atomic E-state index is 14.1. The summed E-state index contributed by atoms with van der Waals surface area (Å²) in [5, 5.41) is 11.6. The highest BCUT2D eigenvalue weighted by Crippen LogP contribution is 2.26. The number of nitrogens with zero attached hydrogens (tertiary/aromatic N) is 4. The third-order valence-corrected chi connectivity index (χ3v) is 4.62. The van der Waals surface area contributed by atoms with Crippen LogP contribution >= 0.6 is 0 Å². The summed E-state index contributed by atoms with van der Waals surface area (Å²) in [4.78, 5) is 4.47. The zero-order chi connectivity index (χ0) is 20.4. The highest BCUT2D eigenvalue weighted by molar-refractivity contribution is 5.56. The van der Waals surface area contributed by atoms with E-state index in [9.17, 15) is 4.39 Å². The zero-order valence-electron chi connectivity index (χ0n) is 16.3. The Morgan fingerprint density at radius 2 is 1.90 bits per heavy atom. The average Bonchev–Trinajstić information content (AvgIpc) is 3.37. The minimum atomic E-state index is -0.334. The molecule has 0 aliphatic heterocycles. The monoisotopic (exact) mass is 393 g/mol. The lowest BCUT2D eigenvalue weighted by Gasteiger charge is -2.11. The minimum Gasteiger partial charge on any atom is -0.497 e. The van der Waals surface area contributed by atoms with E-state index in [0.717, 1.165) is 22.7 Å². The number of hydrogen-bond donors (Lipinski definition) is 1. The first-order valence-electron chi connectivity index (χ1n) is 9.11. The van der Waals surface area contributed by atoms with Crippen LogP contribution in [0, 0.1) is 12.7 Å². The Labute approximate surface area is 167 Å². The van der Waals surface area contributed by atoms with Crippen LogP contribution in [-0.2, 0) is 0 Å². The van der Waals surface area contributed by atoms with Gasteiger partial charge in [0.05, 0.1) is 24.7 Å². The molecule has 1 unspecified atom stereocenters. The summed E-state index contributed by atoms with van der Waals surface area (Å²) in [5.41, 5.74) is 2.75. The number of halogens is 1. The van der Waals surface area contributed by atoms with Gasteiger partial charge in [-0.25, -0.2) is 9.07 Å². The Kier molecular flexibility index (Phi) is 4.99. The van der Waals surface area contributed by atoms with Gasteiger partial charge in [-0.3, -0.25) is 0 Å². The van der Waals surface area contributed by atoms with Gasteiger partial charge in [0.1, 0.15) is 23.3 Å². The molecule has 2 heterocycles. The smallest absolute Gasteiger partial charge is 0.249 e. The van der Waals surface area contributed by atoms with Crippen molar-refractivity contribution >= 4 is 5.69 Å². The van der Waals surface area contributed by atoms with E-state index < -0.39 is 0 Å². The van der Waals surface area contributed by atoms with E-state index in [1.807, 2.05) is 38.1 Å². The van der Waals surface area contributed by atoms with Crippen LogP contribution in [0.25, 0.3) is 17.1 Å². The van der Waals surface area contributed by atoms with Crippen molar-refractivity contribution in [3.63, 3.8) is 0 Å². The Bertz CT molecular complexity index is 1120. The number of rotatable bonds is 6. The van der Waals surface area contributed by atoms with Crippen LogP contribution in [-0.4, -0.2) is 27.0 Å². The molecule has 1 N–H and O–H groups in total. The van der Waals surface area contributed by atoms with Crippen LogP contribution in [0.4, 0.5) is 10.1 Å². The summed E-state index contributed by atoms with van der Waals surface area (Å²) in [6, 6.07) is 13.7. The van der Waals surface area contributed by atoms with E-state index in [-0.39, 0.29) is 11.9 Å². The van der Waals surface area contributed by atoms with Crippen molar-refractivity contribution in [2.75, 3.05) is 12.4 Å². The first kappa shape index (κ1) is 18.7. The molecular weight excluding hydrogens is 373 g/mol. The van der Waals surface area contributed by atoms with E-state index >= 15 is 0 Å². The SMILES string of the molecule is COc1ccc(-c2noc(C(C)Nc3cnn(-c4ccccc4F)c3C)n2)cc1. The van der Waals surface area contributed by atoms with Gasteiger partial charge >= 0.3 is 0 Å². The number of para-hydroxylation sites is 1. The maximum Gasteiger partial charge on any atom is 0.249 e. The number of nitrogens with one attached hydrogen (secondary N) is 1. The molecule has 0 fully saturated rings. The predicted octanol–water partition coefficient (Wildman–Crippen LogP) is 4.55. The van der Waals surface area contributed by atoms with E-state index in [1.165, 1.54) is 6.07 Å².